The van der Waals surface area contributed by atoms with Crippen LogP contribution in [0.4, 0.5) is 5.69 Å². The Hall–Kier alpha value is -0.183. The number of hydrogen-bond acceptors (Lipinski definition) is 1. The van der Waals surface area contributed by atoms with E-state index < -0.39 is 8.07 Å². The van der Waals surface area contributed by atoms with Crippen LogP contribution in [0.3, 0.4) is 0 Å². The number of benzene rings is 1. The summed E-state index contributed by atoms with van der Waals surface area (Å²) in [6.07, 6.45) is 1.16. The average molecular weight is 288 g/mol. The van der Waals surface area contributed by atoms with E-state index in [1.165, 1.54) is 11.6 Å². The Morgan fingerprint density at radius 1 is 1.24 bits per heavy atom. The standard InChI is InChI=1S/C13H19Cl2NSi/c1-17(2,3)8-9-6-7-16-13-11(15)5-4-10(14)12(9)13/h4-5,9,16H,6-8H2,1-3H3. The second-order valence-corrected chi connectivity index (χ2v) is 12.3. The van der Waals surface area contributed by atoms with Gasteiger partial charge in [-0.15, -0.1) is 0 Å². The van der Waals surface area contributed by atoms with Crippen LogP contribution in [0.2, 0.25) is 35.7 Å². The van der Waals surface area contributed by atoms with Gasteiger partial charge in [0, 0.05) is 19.6 Å². The van der Waals surface area contributed by atoms with Crippen molar-refractivity contribution in [3.63, 3.8) is 0 Å². The highest BCUT2D eigenvalue weighted by Crippen LogP contribution is 2.44. The highest BCUT2D eigenvalue weighted by molar-refractivity contribution is 6.76. The Morgan fingerprint density at radius 3 is 2.53 bits per heavy atom. The Morgan fingerprint density at radius 2 is 1.88 bits per heavy atom. The van der Waals surface area contributed by atoms with Gasteiger partial charge in [-0.25, -0.2) is 0 Å². The fourth-order valence-electron chi connectivity index (χ4n) is 2.61. The van der Waals surface area contributed by atoms with Crippen molar-refractivity contribution in [1.29, 1.82) is 0 Å². The molecule has 2 rings (SSSR count). The van der Waals surface area contributed by atoms with Gasteiger partial charge in [-0.3, -0.25) is 0 Å². The monoisotopic (exact) mass is 287 g/mol. The highest BCUT2D eigenvalue weighted by Gasteiger charge is 2.28. The first-order valence-corrected chi connectivity index (χ1v) is 10.6. The van der Waals surface area contributed by atoms with E-state index in [4.69, 9.17) is 23.2 Å². The SMILES string of the molecule is C[Si](C)(C)CC1CCNc2c(Cl)ccc(Cl)c21. The fraction of sp³-hybridized carbons (Fsp3) is 0.538. The summed E-state index contributed by atoms with van der Waals surface area (Å²) in [6.45, 7) is 8.23. The minimum absolute atomic E-state index is 0.573. The largest absolute Gasteiger partial charge is 0.384 e. The quantitative estimate of drug-likeness (QED) is 0.735. The van der Waals surface area contributed by atoms with Crippen LogP contribution in [-0.4, -0.2) is 14.6 Å². The molecular formula is C13H19Cl2NSi. The molecule has 4 heteroatoms. The van der Waals surface area contributed by atoms with E-state index in [1.807, 2.05) is 12.1 Å². The number of halogens is 2. The van der Waals surface area contributed by atoms with Crippen molar-refractivity contribution in [1.82, 2.24) is 0 Å². The normalized spacial score (nSPS) is 19.7. The molecule has 1 aliphatic heterocycles. The smallest absolute Gasteiger partial charge is 0.0641 e. The van der Waals surface area contributed by atoms with Gasteiger partial charge in [0.25, 0.3) is 0 Å². The zero-order valence-corrected chi connectivity index (χ0v) is 13.1. The summed E-state index contributed by atoms with van der Waals surface area (Å²) in [5, 5.41) is 5.04. The molecule has 0 amide bonds. The maximum atomic E-state index is 6.35. The molecule has 0 aliphatic carbocycles. The van der Waals surface area contributed by atoms with Gasteiger partial charge >= 0.3 is 0 Å². The van der Waals surface area contributed by atoms with Gasteiger partial charge in [-0.2, -0.15) is 0 Å². The van der Waals surface area contributed by atoms with Crippen molar-refractivity contribution in [3.05, 3.63) is 27.7 Å². The van der Waals surface area contributed by atoms with Crippen LogP contribution in [0.15, 0.2) is 12.1 Å². The lowest BCUT2D eigenvalue weighted by atomic mass is 9.92. The van der Waals surface area contributed by atoms with Crippen LogP contribution in [0, 0.1) is 0 Å². The first-order valence-electron chi connectivity index (χ1n) is 6.10. The lowest BCUT2D eigenvalue weighted by molar-refractivity contribution is 0.674. The van der Waals surface area contributed by atoms with E-state index in [9.17, 15) is 0 Å². The summed E-state index contributed by atoms with van der Waals surface area (Å²) >= 11 is 12.6. The molecule has 0 fully saturated rings. The van der Waals surface area contributed by atoms with Gasteiger partial charge in [-0.1, -0.05) is 48.9 Å². The molecule has 1 nitrogen and oxygen atoms in total. The molecule has 0 bridgehead atoms. The van der Waals surface area contributed by atoms with Crippen LogP contribution in [0.25, 0.3) is 0 Å². The van der Waals surface area contributed by atoms with Gasteiger partial charge < -0.3 is 5.32 Å². The molecule has 1 aromatic carbocycles. The zero-order valence-electron chi connectivity index (χ0n) is 10.6. The molecule has 0 aromatic heterocycles. The van der Waals surface area contributed by atoms with Crippen molar-refractivity contribution >= 4 is 37.0 Å². The third-order valence-corrected chi connectivity index (χ3v) is 5.57. The number of anilines is 1. The van der Waals surface area contributed by atoms with E-state index in [0.29, 0.717) is 5.92 Å². The number of nitrogens with one attached hydrogen (secondary N) is 1. The first-order chi connectivity index (χ1) is 7.88. The molecule has 0 radical (unpaired) electrons. The summed E-state index contributed by atoms with van der Waals surface area (Å²) in [4.78, 5) is 0. The topological polar surface area (TPSA) is 12.0 Å². The Labute approximate surface area is 115 Å². The summed E-state index contributed by atoms with van der Waals surface area (Å²) in [5.41, 5.74) is 2.31. The second kappa shape index (κ2) is 4.83. The van der Waals surface area contributed by atoms with Gasteiger partial charge in [0.15, 0.2) is 0 Å². The van der Waals surface area contributed by atoms with Crippen LogP contribution < -0.4 is 5.32 Å². The molecule has 1 aromatic rings. The first kappa shape index (κ1) is 13.3. The zero-order chi connectivity index (χ0) is 12.6. The predicted octanol–water partition coefficient (Wildman–Crippen LogP) is 5.23. The molecule has 1 unspecified atom stereocenters. The molecule has 1 aliphatic rings. The molecule has 1 heterocycles. The summed E-state index contributed by atoms with van der Waals surface area (Å²) < 4.78 is 0. The fourth-order valence-corrected chi connectivity index (χ4v) is 5.04. The van der Waals surface area contributed by atoms with Crippen LogP contribution >= 0.6 is 23.2 Å². The number of rotatable bonds is 2. The molecule has 1 N–H and O–H groups in total. The van der Waals surface area contributed by atoms with E-state index in [0.717, 1.165) is 28.7 Å². The van der Waals surface area contributed by atoms with E-state index in [-0.39, 0.29) is 0 Å². The third-order valence-electron chi connectivity index (χ3n) is 3.20. The van der Waals surface area contributed by atoms with Gasteiger partial charge in [0.2, 0.25) is 0 Å². The Kier molecular flexibility index (Phi) is 3.76. The summed E-state index contributed by atoms with van der Waals surface area (Å²) in [6, 6.07) is 5.08. The van der Waals surface area contributed by atoms with Crippen LogP contribution in [-0.2, 0) is 0 Å². The molecule has 0 spiro atoms. The molecule has 0 saturated carbocycles. The van der Waals surface area contributed by atoms with Gasteiger partial charge in [0.1, 0.15) is 0 Å². The Bertz CT molecular complexity index is 426. The maximum Gasteiger partial charge on any atom is 0.0641 e. The maximum absolute atomic E-state index is 6.35. The van der Waals surface area contributed by atoms with Crippen molar-refractivity contribution < 1.29 is 0 Å². The van der Waals surface area contributed by atoms with Crippen molar-refractivity contribution in [3.8, 4) is 0 Å². The van der Waals surface area contributed by atoms with E-state index >= 15 is 0 Å². The van der Waals surface area contributed by atoms with Crippen LogP contribution in [0.1, 0.15) is 17.9 Å². The minimum Gasteiger partial charge on any atom is -0.384 e. The predicted molar refractivity (Wildman–Crippen MR) is 80.5 cm³/mol. The Balaban J connectivity index is 2.40. The average Bonchev–Trinajstić information content (AvgIpc) is 2.21. The summed E-state index contributed by atoms with van der Waals surface area (Å²) in [7, 11) is -1.08. The second-order valence-electron chi connectivity index (χ2n) is 6.00. The van der Waals surface area contributed by atoms with Crippen molar-refractivity contribution in [2.75, 3.05) is 11.9 Å². The molecule has 17 heavy (non-hydrogen) atoms. The minimum atomic E-state index is -1.08. The van der Waals surface area contributed by atoms with E-state index in [2.05, 4.69) is 25.0 Å². The number of fused-ring (bicyclic) bond motifs is 1. The molecular weight excluding hydrogens is 269 g/mol. The molecule has 1 atom stereocenters. The van der Waals surface area contributed by atoms with Gasteiger partial charge in [-0.05, 0) is 30.0 Å². The highest BCUT2D eigenvalue weighted by atomic mass is 35.5. The molecule has 94 valence electrons. The van der Waals surface area contributed by atoms with E-state index in [1.54, 1.807) is 0 Å². The lowest BCUT2D eigenvalue weighted by Crippen LogP contribution is -2.27. The lowest BCUT2D eigenvalue weighted by Gasteiger charge is -2.32. The molecule has 0 saturated heterocycles. The summed E-state index contributed by atoms with van der Waals surface area (Å²) in [5.74, 6) is 0.573. The number of hydrogen-bond donors (Lipinski definition) is 1. The van der Waals surface area contributed by atoms with Gasteiger partial charge in [0.05, 0.1) is 10.7 Å². The van der Waals surface area contributed by atoms with Crippen LogP contribution in [0.5, 0.6) is 0 Å². The van der Waals surface area contributed by atoms with Crippen molar-refractivity contribution in [2.45, 2.75) is 38.0 Å². The van der Waals surface area contributed by atoms with Crippen molar-refractivity contribution in [2.24, 2.45) is 0 Å². The third kappa shape index (κ3) is 2.98.